The molecule has 0 saturated heterocycles. The van der Waals surface area contributed by atoms with Crippen LogP contribution in [0.3, 0.4) is 0 Å². The second-order valence-corrected chi connectivity index (χ2v) is 5.79. The van der Waals surface area contributed by atoms with Gasteiger partial charge < -0.3 is 4.74 Å². The summed E-state index contributed by atoms with van der Waals surface area (Å²) in [6, 6.07) is 13.8. The second kappa shape index (κ2) is 6.12. The molecule has 0 fully saturated rings. The van der Waals surface area contributed by atoms with E-state index in [4.69, 9.17) is 4.74 Å². The summed E-state index contributed by atoms with van der Waals surface area (Å²) in [5.41, 5.74) is 2.77. The summed E-state index contributed by atoms with van der Waals surface area (Å²) >= 11 is 1.59. The van der Waals surface area contributed by atoms with Crippen LogP contribution in [-0.2, 0) is 11.2 Å². The summed E-state index contributed by atoms with van der Waals surface area (Å²) < 4.78 is 6.59. The Balaban J connectivity index is 2.16. The van der Waals surface area contributed by atoms with Gasteiger partial charge in [-0.15, -0.1) is 11.3 Å². The Morgan fingerprint density at radius 1 is 1.27 bits per heavy atom. The Bertz CT molecular complexity index is 818. The van der Waals surface area contributed by atoms with Crippen molar-refractivity contribution in [3.63, 3.8) is 0 Å². The zero-order chi connectivity index (χ0) is 15.5. The zero-order valence-corrected chi connectivity index (χ0v) is 13.0. The largest absolute Gasteiger partial charge is 0.422 e. The van der Waals surface area contributed by atoms with Gasteiger partial charge in [-0.05, 0) is 30.2 Å². The fraction of sp³-hybridized carbons (Fsp3) is 0.111. The number of carbonyl (C=O) groups excluding carboxylic acids is 1. The molecule has 0 amide bonds. The molecule has 0 atom stereocenters. The van der Waals surface area contributed by atoms with Crippen LogP contribution in [0.15, 0.2) is 55.1 Å². The van der Waals surface area contributed by atoms with Gasteiger partial charge in [-0.25, -0.2) is 9.78 Å². The van der Waals surface area contributed by atoms with E-state index in [1.165, 1.54) is 6.08 Å². The van der Waals surface area contributed by atoms with E-state index in [0.29, 0.717) is 5.75 Å². The Labute approximate surface area is 132 Å². The van der Waals surface area contributed by atoms with E-state index >= 15 is 0 Å². The monoisotopic (exact) mass is 309 g/mol. The molecule has 0 aliphatic rings. The molecule has 0 radical (unpaired) electrons. The lowest BCUT2D eigenvalue weighted by atomic mass is 10.1. The van der Waals surface area contributed by atoms with Gasteiger partial charge in [0.2, 0.25) is 0 Å². The Morgan fingerprint density at radius 2 is 2.09 bits per heavy atom. The van der Waals surface area contributed by atoms with Gasteiger partial charge in [0, 0.05) is 6.08 Å². The minimum absolute atomic E-state index is 0.455. The first-order valence-electron chi connectivity index (χ1n) is 7.05. The van der Waals surface area contributed by atoms with E-state index in [0.717, 1.165) is 32.8 Å². The average molecular weight is 309 g/mol. The summed E-state index contributed by atoms with van der Waals surface area (Å²) in [7, 11) is 0. The van der Waals surface area contributed by atoms with Crippen molar-refractivity contribution < 1.29 is 9.53 Å². The summed E-state index contributed by atoms with van der Waals surface area (Å²) in [5, 5.41) is 0.850. The number of aryl methyl sites for hydroxylation is 1. The van der Waals surface area contributed by atoms with Gasteiger partial charge >= 0.3 is 5.97 Å². The molecular formula is C18H15NO2S. The molecule has 4 heteroatoms. The van der Waals surface area contributed by atoms with Crippen LogP contribution in [0.2, 0.25) is 0 Å². The zero-order valence-electron chi connectivity index (χ0n) is 12.2. The van der Waals surface area contributed by atoms with Crippen LogP contribution in [0.25, 0.3) is 20.8 Å². The molecular weight excluding hydrogens is 294 g/mol. The molecule has 0 saturated carbocycles. The van der Waals surface area contributed by atoms with Gasteiger partial charge in [0.05, 0.1) is 15.8 Å². The molecule has 0 aliphatic heterocycles. The highest BCUT2D eigenvalue weighted by Crippen LogP contribution is 2.38. The van der Waals surface area contributed by atoms with Gasteiger partial charge in [-0.2, -0.15) is 0 Å². The van der Waals surface area contributed by atoms with Crippen molar-refractivity contribution in [2.75, 3.05) is 0 Å². The SMILES string of the molecule is C=CC(=O)Oc1c(CC)cccc1-c1nc2ccccc2s1. The third-order valence-corrected chi connectivity index (χ3v) is 4.44. The normalized spacial score (nSPS) is 10.6. The van der Waals surface area contributed by atoms with Gasteiger partial charge in [0.25, 0.3) is 0 Å². The summed E-state index contributed by atoms with van der Waals surface area (Å²) in [4.78, 5) is 16.3. The summed E-state index contributed by atoms with van der Waals surface area (Å²) in [6.45, 7) is 5.49. The van der Waals surface area contributed by atoms with Crippen molar-refractivity contribution in [2.45, 2.75) is 13.3 Å². The maximum atomic E-state index is 11.6. The van der Waals surface area contributed by atoms with Crippen LogP contribution in [0.4, 0.5) is 0 Å². The number of hydrogen-bond donors (Lipinski definition) is 0. The molecule has 1 aromatic heterocycles. The van der Waals surface area contributed by atoms with E-state index in [2.05, 4.69) is 11.6 Å². The Kier molecular flexibility index (Phi) is 4.02. The first kappa shape index (κ1) is 14.5. The number of rotatable bonds is 4. The fourth-order valence-corrected chi connectivity index (χ4v) is 3.27. The predicted octanol–water partition coefficient (Wildman–Crippen LogP) is 4.62. The Hall–Kier alpha value is -2.46. The van der Waals surface area contributed by atoms with Crippen LogP contribution in [0, 0.1) is 0 Å². The third kappa shape index (κ3) is 2.65. The maximum Gasteiger partial charge on any atom is 0.335 e. The number of carbonyl (C=O) groups is 1. The molecule has 0 bridgehead atoms. The van der Waals surface area contributed by atoms with Crippen LogP contribution < -0.4 is 4.74 Å². The molecule has 3 aromatic rings. The lowest BCUT2D eigenvalue weighted by molar-refractivity contribution is -0.128. The number of ether oxygens (including phenoxy) is 1. The van der Waals surface area contributed by atoms with Crippen molar-refractivity contribution >= 4 is 27.5 Å². The van der Waals surface area contributed by atoms with Gasteiger partial charge in [0.15, 0.2) is 0 Å². The number of fused-ring (bicyclic) bond motifs is 1. The molecule has 110 valence electrons. The number of aromatic nitrogens is 1. The van der Waals surface area contributed by atoms with Crippen molar-refractivity contribution in [2.24, 2.45) is 0 Å². The lowest BCUT2D eigenvalue weighted by Gasteiger charge is -2.11. The van der Waals surface area contributed by atoms with E-state index in [1.807, 2.05) is 49.4 Å². The minimum atomic E-state index is -0.455. The van der Waals surface area contributed by atoms with Crippen LogP contribution in [-0.4, -0.2) is 11.0 Å². The minimum Gasteiger partial charge on any atom is -0.422 e. The Morgan fingerprint density at radius 3 is 2.82 bits per heavy atom. The highest BCUT2D eigenvalue weighted by Gasteiger charge is 2.16. The average Bonchev–Trinajstić information content (AvgIpc) is 2.98. The van der Waals surface area contributed by atoms with Crippen molar-refractivity contribution in [1.29, 1.82) is 0 Å². The van der Waals surface area contributed by atoms with Crippen LogP contribution in [0.1, 0.15) is 12.5 Å². The number of esters is 1. The number of hydrogen-bond acceptors (Lipinski definition) is 4. The molecule has 1 heterocycles. The van der Waals surface area contributed by atoms with Gasteiger partial charge in [-0.3, -0.25) is 0 Å². The summed E-state index contributed by atoms with van der Waals surface area (Å²) in [5.74, 6) is 0.122. The number of nitrogens with zero attached hydrogens (tertiary/aromatic N) is 1. The molecule has 0 aliphatic carbocycles. The molecule has 3 nitrogen and oxygen atoms in total. The van der Waals surface area contributed by atoms with Crippen molar-refractivity contribution in [3.05, 3.63) is 60.7 Å². The standard InChI is InChI=1S/C18H15NO2S/c1-3-12-8-7-9-13(17(12)21-16(20)4-2)18-19-14-10-5-6-11-15(14)22-18/h4-11H,2-3H2,1H3. The molecule has 0 spiro atoms. The van der Waals surface area contributed by atoms with Crippen molar-refractivity contribution in [1.82, 2.24) is 4.98 Å². The highest BCUT2D eigenvalue weighted by molar-refractivity contribution is 7.21. The highest BCUT2D eigenvalue weighted by atomic mass is 32.1. The lowest BCUT2D eigenvalue weighted by Crippen LogP contribution is -2.06. The molecule has 3 rings (SSSR count). The predicted molar refractivity (Wildman–Crippen MR) is 90.3 cm³/mol. The quantitative estimate of drug-likeness (QED) is 0.401. The first-order chi connectivity index (χ1) is 10.7. The number of benzene rings is 2. The molecule has 2 aromatic carbocycles. The van der Waals surface area contributed by atoms with Crippen molar-refractivity contribution in [3.8, 4) is 16.3 Å². The fourth-order valence-electron chi connectivity index (χ4n) is 2.28. The van der Waals surface area contributed by atoms with E-state index in [1.54, 1.807) is 11.3 Å². The number of para-hydroxylation sites is 2. The van der Waals surface area contributed by atoms with E-state index < -0.39 is 5.97 Å². The molecule has 22 heavy (non-hydrogen) atoms. The van der Waals surface area contributed by atoms with Gasteiger partial charge in [0.1, 0.15) is 10.8 Å². The number of thiazole rings is 1. The molecule has 0 N–H and O–H groups in total. The first-order valence-corrected chi connectivity index (χ1v) is 7.86. The van der Waals surface area contributed by atoms with Crippen LogP contribution >= 0.6 is 11.3 Å². The topological polar surface area (TPSA) is 39.2 Å². The van der Waals surface area contributed by atoms with Gasteiger partial charge in [-0.1, -0.05) is 37.8 Å². The van der Waals surface area contributed by atoms with E-state index in [9.17, 15) is 4.79 Å². The second-order valence-electron chi connectivity index (χ2n) is 4.76. The smallest absolute Gasteiger partial charge is 0.335 e. The third-order valence-electron chi connectivity index (χ3n) is 3.37. The van der Waals surface area contributed by atoms with E-state index in [-0.39, 0.29) is 0 Å². The van der Waals surface area contributed by atoms with Crippen LogP contribution in [0.5, 0.6) is 5.75 Å². The maximum absolute atomic E-state index is 11.6. The molecule has 0 unspecified atom stereocenters. The summed E-state index contributed by atoms with van der Waals surface area (Å²) in [6.07, 6.45) is 1.95.